The number of carbonyl (C=O) groups is 1. The third-order valence-corrected chi connectivity index (χ3v) is 4.10. The fourth-order valence-corrected chi connectivity index (χ4v) is 3.20. The molecule has 1 N–H and O–H groups in total. The molecule has 0 radical (unpaired) electrons. The predicted molar refractivity (Wildman–Crippen MR) is 76.7 cm³/mol. The summed E-state index contributed by atoms with van der Waals surface area (Å²) in [7, 11) is 0. The van der Waals surface area contributed by atoms with E-state index in [0.29, 0.717) is 0 Å². The fraction of sp³-hybridized carbons (Fsp3) is 0.500. The molecule has 1 unspecified atom stereocenters. The molecule has 3 nitrogen and oxygen atoms in total. The molecule has 0 aliphatic heterocycles. The van der Waals surface area contributed by atoms with Crippen LogP contribution in [-0.4, -0.2) is 29.1 Å². The number of aliphatic carboxylic acids is 1. The van der Waals surface area contributed by atoms with Crippen molar-refractivity contribution in [2.24, 2.45) is 0 Å². The van der Waals surface area contributed by atoms with Gasteiger partial charge in [0, 0.05) is 4.47 Å². The van der Waals surface area contributed by atoms with Crippen LogP contribution in [0.3, 0.4) is 0 Å². The molecular formula is C14H20BrNO2. The highest BCUT2D eigenvalue weighted by Gasteiger charge is 2.35. The number of carboxylic acid groups (broad SMARTS) is 1. The molecule has 0 aromatic heterocycles. The number of carboxylic acids is 1. The second-order valence-corrected chi connectivity index (χ2v) is 5.35. The third-order valence-electron chi connectivity index (χ3n) is 3.41. The zero-order valence-electron chi connectivity index (χ0n) is 11.1. The highest BCUT2D eigenvalue weighted by atomic mass is 79.9. The van der Waals surface area contributed by atoms with Crippen molar-refractivity contribution in [3.8, 4) is 0 Å². The van der Waals surface area contributed by atoms with E-state index in [1.54, 1.807) is 0 Å². The minimum atomic E-state index is -0.778. The molecule has 4 heteroatoms. The van der Waals surface area contributed by atoms with E-state index in [4.69, 9.17) is 0 Å². The molecule has 1 aromatic rings. The molecule has 0 bridgehead atoms. The highest BCUT2D eigenvalue weighted by Crippen LogP contribution is 2.36. The van der Waals surface area contributed by atoms with Gasteiger partial charge in [0.05, 0.1) is 12.0 Å². The topological polar surface area (TPSA) is 40.5 Å². The Hall–Kier alpha value is -0.870. The van der Waals surface area contributed by atoms with Crippen LogP contribution in [-0.2, 0) is 10.3 Å². The summed E-state index contributed by atoms with van der Waals surface area (Å²) in [5.41, 5.74) is 0.534. The average Bonchev–Trinajstić information content (AvgIpc) is 2.29. The van der Waals surface area contributed by atoms with Crippen molar-refractivity contribution in [2.45, 2.75) is 32.7 Å². The SMILES string of the molecule is CCN(CC)C(C)(CC(=O)O)c1ccccc1Br. The first-order valence-corrected chi connectivity index (χ1v) is 6.96. The molecule has 1 rings (SSSR count). The summed E-state index contributed by atoms with van der Waals surface area (Å²) in [6.07, 6.45) is 0.0945. The van der Waals surface area contributed by atoms with Crippen LogP contribution in [0.1, 0.15) is 32.8 Å². The van der Waals surface area contributed by atoms with Crippen LogP contribution >= 0.6 is 15.9 Å². The van der Waals surface area contributed by atoms with Crippen LogP contribution in [0, 0.1) is 0 Å². The smallest absolute Gasteiger partial charge is 0.305 e. The number of nitrogens with zero attached hydrogens (tertiary/aromatic N) is 1. The van der Waals surface area contributed by atoms with Crippen LogP contribution in [0.15, 0.2) is 28.7 Å². The van der Waals surface area contributed by atoms with Gasteiger partial charge in [0.25, 0.3) is 0 Å². The van der Waals surface area contributed by atoms with Gasteiger partial charge in [-0.1, -0.05) is 48.0 Å². The van der Waals surface area contributed by atoms with Crippen molar-refractivity contribution in [1.82, 2.24) is 4.90 Å². The van der Waals surface area contributed by atoms with E-state index in [0.717, 1.165) is 23.1 Å². The summed E-state index contributed by atoms with van der Waals surface area (Å²) in [6, 6.07) is 7.84. The van der Waals surface area contributed by atoms with Gasteiger partial charge in [-0.3, -0.25) is 9.69 Å². The van der Waals surface area contributed by atoms with E-state index in [-0.39, 0.29) is 6.42 Å². The lowest BCUT2D eigenvalue weighted by Crippen LogP contribution is -2.45. The van der Waals surface area contributed by atoms with E-state index >= 15 is 0 Å². The molecule has 0 saturated carbocycles. The van der Waals surface area contributed by atoms with Crippen molar-refractivity contribution in [1.29, 1.82) is 0 Å². The van der Waals surface area contributed by atoms with Gasteiger partial charge < -0.3 is 5.11 Å². The third kappa shape index (κ3) is 3.12. The first-order chi connectivity index (χ1) is 8.45. The molecule has 0 amide bonds. The second kappa shape index (κ2) is 6.34. The number of benzene rings is 1. The van der Waals surface area contributed by atoms with Gasteiger partial charge in [0.15, 0.2) is 0 Å². The van der Waals surface area contributed by atoms with Gasteiger partial charge in [-0.25, -0.2) is 0 Å². The monoisotopic (exact) mass is 313 g/mol. The Balaban J connectivity index is 3.27. The molecule has 0 spiro atoms. The predicted octanol–water partition coefficient (Wildman–Crippen LogP) is 3.48. The zero-order valence-corrected chi connectivity index (χ0v) is 12.7. The van der Waals surface area contributed by atoms with Gasteiger partial charge in [-0.15, -0.1) is 0 Å². The second-order valence-electron chi connectivity index (χ2n) is 4.50. The zero-order chi connectivity index (χ0) is 13.8. The van der Waals surface area contributed by atoms with Gasteiger partial charge >= 0.3 is 5.97 Å². The van der Waals surface area contributed by atoms with Crippen LogP contribution < -0.4 is 0 Å². The van der Waals surface area contributed by atoms with E-state index in [2.05, 4.69) is 34.7 Å². The average molecular weight is 314 g/mol. The van der Waals surface area contributed by atoms with E-state index in [1.165, 1.54) is 0 Å². The minimum Gasteiger partial charge on any atom is -0.481 e. The van der Waals surface area contributed by atoms with Gasteiger partial charge in [0.1, 0.15) is 0 Å². The highest BCUT2D eigenvalue weighted by molar-refractivity contribution is 9.10. The molecular weight excluding hydrogens is 294 g/mol. The van der Waals surface area contributed by atoms with Crippen LogP contribution in [0.5, 0.6) is 0 Å². The molecule has 0 aliphatic rings. The minimum absolute atomic E-state index is 0.0945. The lowest BCUT2D eigenvalue weighted by Gasteiger charge is -2.40. The molecule has 0 heterocycles. The van der Waals surface area contributed by atoms with Crippen molar-refractivity contribution in [3.05, 3.63) is 34.3 Å². The number of hydrogen-bond acceptors (Lipinski definition) is 2. The molecule has 1 aromatic carbocycles. The number of hydrogen-bond donors (Lipinski definition) is 1. The quantitative estimate of drug-likeness (QED) is 0.874. The standard InChI is InChI=1S/C14H20BrNO2/c1-4-16(5-2)14(3,10-13(17)18)11-8-6-7-9-12(11)15/h6-9H,4-5,10H2,1-3H3,(H,17,18). The fourth-order valence-electron chi connectivity index (χ4n) is 2.49. The number of halogens is 1. The lowest BCUT2D eigenvalue weighted by atomic mass is 9.86. The summed E-state index contributed by atoms with van der Waals surface area (Å²) in [4.78, 5) is 13.4. The van der Waals surface area contributed by atoms with Crippen LogP contribution in [0.4, 0.5) is 0 Å². The Kier molecular flexibility index (Phi) is 5.35. The molecule has 1 atom stereocenters. The summed E-state index contributed by atoms with van der Waals surface area (Å²) in [5, 5.41) is 9.20. The molecule has 0 aliphatic carbocycles. The van der Waals surface area contributed by atoms with Crippen molar-refractivity contribution in [2.75, 3.05) is 13.1 Å². The van der Waals surface area contributed by atoms with Crippen molar-refractivity contribution in [3.63, 3.8) is 0 Å². The first kappa shape index (κ1) is 15.2. The van der Waals surface area contributed by atoms with Crippen LogP contribution in [0.2, 0.25) is 0 Å². The Morgan fingerprint density at radius 1 is 1.33 bits per heavy atom. The normalized spacial score (nSPS) is 14.5. The van der Waals surface area contributed by atoms with E-state index < -0.39 is 11.5 Å². The lowest BCUT2D eigenvalue weighted by molar-refractivity contribution is -0.140. The molecule has 100 valence electrons. The van der Waals surface area contributed by atoms with Crippen molar-refractivity contribution >= 4 is 21.9 Å². The maximum Gasteiger partial charge on any atom is 0.305 e. The van der Waals surface area contributed by atoms with Crippen molar-refractivity contribution < 1.29 is 9.90 Å². The van der Waals surface area contributed by atoms with Crippen LogP contribution in [0.25, 0.3) is 0 Å². The summed E-state index contributed by atoms with van der Waals surface area (Å²) in [6.45, 7) is 7.75. The van der Waals surface area contributed by atoms with Gasteiger partial charge in [0.2, 0.25) is 0 Å². The maximum atomic E-state index is 11.2. The molecule has 0 fully saturated rings. The summed E-state index contributed by atoms with van der Waals surface area (Å²) in [5.74, 6) is -0.778. The summed E-state index contributed by atoms with van der Waals surface area (Å²) < 4.78 is 0.959. The Morgan fingerprint density at radius 2 is 1.89 bits per heavy atom. The maximum absolute atomic E-state index is 11.2. The van der Waals surface area contributed by atoms with Gasteiger partial charge in [-0.05, 0) is 31.6 Å². The Morgan fingerprint density at radius 3 is 2.33 bits per heavy atom. The first-order valence-electron chi connectivity index (χ1n) is 6.17. The summed E-state index contributed by atoms with van der Waals surface area (Å²) >= 11 is 3.53. The largest absolute Gasteiger partial charge is 0.481 e. The number of rotatable bonds is 6. The molecule has 18 heavy (non-hydrogen) atoms. The Labute approximate surface area is 117 Å². The van der Waals surface area contributed by atoms with E-state index in [9.17, 15) is 9.90 Å². The van der Waals surface area contributed by atoms with Gasteiger partial charge in [-0.2, -0.15) is 0 Å². The molecule has 0 saturated heterocycles. The Bertz CT molecular complexity index is 418. The van der Waals surface area contributed by atoms with E-state index in [1.807, 2.05) is 31.2 Å².